The maximum absolute atomic E-state index is 11.2. The van der Waals surface area contributed by atoms with E-state index in [-0.39, 0.29) is 17.8 Å². The third kappa shape index (κ3) is 2.10. The van der Waals surface area contributed by atoms with E-state index in [1.54, 1.807) is 0 Å². The Morgan fingerprint density at radius 2 is 2.23 bits per heavy atom. The predicted molar refractivity (Wildman–Crippen MR) is 48.9 cm³/mol. The highest BCUT2D eigenvalue weighted by Gasteiger charge is 2.34. The number of hydrogen-bond donors (Lipinski definition) is 1. The Kier molecular flexibility index (Phi) is 3.09. The minimum atomic E-state index is -0.510. The van der Waals surface area contributed by atoms with Crippen molar-refractivity contribution in [2.75, 3.05) is 0 Å². The molecule has 1 N–H and O–H groups in total. The molecule has 0 aromatic rings. The molecule has 1 aliphatic rings. The van der Waals surface area contributed by atoms with Crippen molar-refractivity contribution in [3.05, 3.63) is 11.6 Å². The van der Waals surface area contributed by atoms with E-state index in [2.05, 4.69) is 17.9 Å². The second kappa shape index (κ2) is 3.92. The van der Waals surface area contributed by atoms with E-state index in [0.717, 1.165) is 6.42 Å². The van der Waals surface area contributed by atoms with Gasteiger partial charge in [0.15, 0.2) is 0 Å². The Morgan fingerprint density at radius 1 is 1.62 bits per heavy atom. The number of rotatable bonds is 1. The van der Waals surface area contributed by atoms with E-state index in [1.807, 2.05) is 13.8 Å². The molecule has 0 bridgehead atoms. The smallest absolute Gasteiger partial charge is 0.301 e. The molecule has 0 amide bonds. The Balaban J connectivity index is 2.80. The van der Waals surface area contributed by atoms with Crippen molar-refractivity contribution in [1.29, 1.82) is 0 Å². The zero-order valence-corrected chi connectivity index (χ0v) is 8.28. The largest absolute Gasteiger partial charge is 0.345 e. The van der Waals surface area contributed by atoms with Crippen molar-refractivity contribution >= 4 is 5.97 Å². The summed E-state index contributed by atoms with van der Waals surface area (Å²) in [6, 6.07) is 0. The molecule has 3 unspecified atom stereocenters. The number of allylic oxidation sites excluding steroid dienone is 2. The first-order valence-corrected chi connectivity index (χ1v) is 4.58. The second-order valence-electron chi connectivity index (χ2n) is 3.99. The van der Waals surface area contributed by atoms with Crippen LogP contribution in [0.3, 0.4) is 0 Å². The number of carbonyl (C=O) groups is 1. The standard InChI is InChI=1S/C10H16O3/c1-6-4-7(2)9(8(3)5-6)10(11)13-12/h4,7-9,12H,5H2,1-3H3. The van der Waals surface area contributed by atoms with Gasteiger partial charge in [-0.25, -0.2) is 4.79 Å². The van der Waals surface area contributed by atoms with Crippen LogP contribution in [-0.4, -0.2) is 11.2 Å². The van der Waals surface area contributed by atoms with Crippen molar-refractivity contribution in [2.45, 2.75) is 27.2 Å². The molecule has 0 heterocycles. The lowest BCUT2D eigenvalue weighted by atomic mass is 9.75. The summed E-state index contributed by atoms with van der Waals surface area (Å²) in [4.78, 5) is 15.0. The van der Waals surface area contributed by atoms with Crippen molar-refractivity contribution < 1.29 is 14.9 Å². The Morgan fingerprint density at radius 3 is 2.69 bits per heavy atom. The lowest BCUT2D eigenvalue weighted by Gasteiger charge is -2.29. The maximum Gasteiger partial charge on any atom is 0.345 e. The van der Waals surface area contributed by atoms with E-state index < -0.39 is 5.97 Å². The van der Waals surface area contributed by atoms with E-state index in [9.17, 15) is 4.79 Å². The van der Waals surface area contributed by atoms with Gasteiger partial charge in [-0.3, -0.25) is 0 Å². The summed E-state index contributed by atoms with van der Waals surface area (Å²) in [7, 11) is 0. The highest BCUT2D eigenvalue weighted by Crippen LogP contribution is 2.33. The minimum Gasteiger partial charge on any atom is -0.301 e. The number of carbonyl (C=O) groups excluding carboxylic acids is 1. The van der Waals surface area contributed by atoms with Crippen LogP contribution in [0.2, 0.25) is 0 Å². The van der Waals surface area contributed by atoms with E-state index in [0.29, 0.717) is 0 Å². The van der Waals surface area contributed by atoms with Crippen LogP contribution in [-0.2, 0) is 9.68 Å². The second-order valence-corrected chi connectivity index (χ2v) is 3.99. The third-order valence-electron chi connectivity index (χ3n) is 2.73. The van der Waals surface area contributed by atoms with Crippen molar-refractivity contribution in [3.8, 4) is 0 Å². The highest BCUT2D eigenvalue weighted by molar-refractivity contribution is 5.73. The molecule has 3 nitrogen and oxygen atoms in total. The van der Waals surface area contributed by atoms with Crippen LogP contribution in [0.25, 0.3) is 0 Å². The molecule has 0 aromatic heterocycles. The quantitative estimate of drug-likeness (QED) is 0.386. The van der Waals surface area contributed by atoms with Gasteiger partial charge in [0.1, 0.15) is 0 Å². The van der Waals surface area contributed by atoms with E-state index >= 15 is 0 Å². The molecule has 0 saturated carbocycles. The Bertz CT molecular complexity index is 232. The maximum atomic E-state index is 11.2. The van der Waals surface area contributed by atoms with Gasteiger partial charge in [0, 0.05) is 0 Å². The summed E-state index contributed by atoms with van der Waals surface area (Å²) in [6.07, 6.45) is 2.98. The molecular formula is C10H16O3. The first kappa shape index (κ1) is 10.3. The minimum absolute atomic E-state index is 0.156. The van der Waals surface area contributed by atoms with Gasteiger partial charge >= 0.3 is 5.97 Å². The van der Waals surface area contributed by atoms with Crippen LogP contribution in [0, 0.1) is 17.8 Å². The van der Waals surface area contributed by atoms with Crippen LogP contribution >= 0.6 is 0 Å². The Hall–Kier alpha value is -0.830. The molecule has 0 aromatic carbocycles. The lowest BCUT2D eigenvalue weighted by Crippen LogP contribution is -2.31. The average Bonchev–Trinajstić information content (AvgIpc) is 2.02. The fourth-order valence-corrected chi connectivity index (χ4v) is 2.28. The monoisotopic (exact) mass is 184 g/mol. The summed E-state index contributed by atoms with van der Waals surface area (Å²) in [6.45, 7) is 6.04. The summed E-state index contributed by atoms with van der Waals surface area (Å²) < 4.78 is 0. The molecule has 74 valence electrons. The van der Waals surface area contributed by atoms with Gasteiger partial charge in [-0.05, 0) is 25.2 Å². The number of hydrogen-bond acceptors (Lipinski definition) is 3. The lowest BCUT2D eigenvalue weighted by molar-refractivity contribution is -0.241. The first-order valence-electron chi connectivity index (χ1n) is 4.58. The topological polar surface area (TPSA) is 46.5 Å². The average molecular weight is 184 g/mol. The highest BCUT2D eigenvalue weighted by atomic mass is 17.1. The third-order valence-corrected chi connectivity index (χ3v) is 2.73. The molecule has 3 atom stereocenters. The van der Waals surface area contributed by atoms with Gasteiger partial charge < -0.3 is 4.89 Å². The molecule has 0 radical (unpaired) electrons. The molecular weight excluding hydrogens is 168 g/mol. The predicted octanol–water partition coefficient (Wildman–Crippen LogP) is 2.24. The SMILES string of the molecule is CC1=CC(C)C(C(=O)OO)C(C)C1. The zero-order chi connectivity index (χ0) is 10.0. The van der Waals surface area contributed by atoms with Gasteiger partial charge in [-0.2, -0.15) is 5.26 Å². The van der Waals surface area contributed by atoms with Crippen LogP contribution in [0.15, 0.2) is 11.6 Å². The summed E-state index contributed by atoms with van der Waals surface area (Å²) >= 11 is 0. The van der Waals surface area contributed by atoms with Crippen LogP contribution < -0.4 is 0 Å². The Labute approximate surface area is 78.3 Å². The van der Waals surface area contributed by atoms with Crippen molar-refractivity contribution in [3.63, 3.8) is 0 Å². The van der Waals surface area contributed by atoms with E-state index in [4.69, 9.17) is 5.26 Å². The summed E-state index contributed by atoms with van der Waals surface area (Å²) in [5.74, 6) is -0.305. The molecule has 0 fully saturated rings. The normalized spacial score (nSPS) is 33.8. The van der Waals surface area contributed by atoms with Gasteiger partial charge in [0.2, 0.25) is 0 Å². The van der Waals surface area contributed by atoms with Crippen molar-refractivity contribution in [1.82, 2.24) is 0 Å². The van der Waals surface area contributed by atoms with Gasteiger partial charge in [-0.15, -0.1) is 0 Å². The van der Waals surface area contributed by atoms with E-state index in [1.165, 1.54) is 5.57 Å². The molecule has 1 aliphatic carbocycles. The van der Waals surface area contributed by atoms with Crippen molar-refractivity contribution in [2.24, 2.45) is 17.8 Å². The molecule has 3 heteroatoms. The summed E-state index contributed by atoms with van der Waals surface area (Å²) in [5.41, 5.74) is 1.31. The molecule has 0 aliphatic heterocycles. The van der Waals surface area contributed by atoms with Crippen LogP contribution in [0.5, 0.6) is 0 Å². The fourth-order valence-electron chi connectivity index (χ4n) is 2.28. The van der Waals surface area contributed by atoms with Crippen LogP contribution in [0.4, 0.5) is 0 Å². The summed E-state index contributed by atoms with van der Waals surface area (Å²) in [5, 5.41) is 8.32. The zero-order valence-electron chi connectivity index (χ0n) is 8.28. The van der Waals surface area contributed by atoms with Gasteiger partial charge in [0.25, 0.3) is 0 Å². The van der Waals surface area contributed by atoms with Gasteiger partial charge in [0.05, 0.1) is 5.92 Å². The fraction of sp³-hybridized carbons (Fsp3) is 0.700. The van der Waals surface area contributed by atoms with Gasteiger partial charge in [-0.1, -0.05) is 25.5 Å². The van der Waals surface area contributed by atoms with Crippen LogP contribution in [0.1, 0.15) is 27.2 Å². The molecule has 13 heavy (non-hydrogen) atoms. The molecule has 0 spiro atoms. The first-order chi connectivity index (χ1) is 6.06. The molecule has 1 rings (SSSR count). The molecule has 0 saturated heterocycles.